The summed E-state index contributed by atoms with van der Waals surface area (Å²) in [6.07, 6.45) is 2.31. The second kappa shape index (κ2) is 9.34. The minimum absolute atomic E-state index is 0.255. The minimum Gasteiger partial charge on any atom is -0.303 e. The molecule has 0 aromatic rings. The van der Waals surface area contributed by atoms with Crippen molar-refractivity contribution in [3.63, 3.8) is 0 Å². The maximum absolute atomic E-state index is 9.81. The fourth-order valence-electron chi connectivity index (χ4n) is 0.192. The van der Waals surface area contributed by atoms with Crippen LogP contribution >= 0.6 is 0 Å². The standard InChI is InChI=1S/C5H10O.C4H8O/c1-5(2)3-4-6;1-3-4(2)5/h4-5H,3H2,1-2H3;3H2,1-2H3. The predicted octanol–water partition coefficient (Wildman–Crippen LogP) is 2.22. The van der Waals surface area contributed by atoms with E-state index in [4.69, 9.17) is 0 Å². The molecule has 0 heterocycles. The molecule has 0 fully saturated rings. The van der Waals surface area contributed by atoms with E-state index in [1.54, 1.807) is 6.92 Å². The smallest absolute Gasteiger partial charge is 0.129 e. The number of aldehydes is 1. The summed E-state index contributed by atoms with van der Waals surface area (Å²) in [5, 5.41) is 0. The topological polar surface area (TPSA) is 34.1 Å². The summed E-state index contributed by atoms with van der Waals surface area (Å²) >= 11 is 0. The first-order chi connectivity index (χ1) is 5.04. The summed E-state index contributed by atoms with van der Waals surface area (Å²) in [5.41, 5.74) is 0. The van der Waals surface area contributed by atoms with Gasteiger partial charge in [0.1, 0.15) is 12.1 Å². The van der Waals surface area contributed by atoms with Crippen LogP contribution in [0.15, 0.2) is 0 Å². The number of Topliss-reactive ketones (excluding diaryl/α,β-unsaturated/α-hetero) is 1. The lowest BCUT2D eigenvalue weighted by Gasteiger charge is -1.89. The van der Waals surface area contributed by atoms with Crippen LogP contribution in [0.4, 0.5) is 0 Å². The van der Waals surface area contributed by atoms with Crippen molar-refractivity contribution in [2.75, 3.05) is 0 Å². The van der Waals surface area contributed by atoms with Gasteiger partial charge in [0.25, 0.3) is 0 Å². The van der Waals surface area contributed by atoms with Crippen LogP contribution in [0, 0.1) is 5.92 Å². The van der Waals surface area contributed by atoms with Gasteiger partial charge in [-0.1, -0.05) is 20.8 Å². The Morgan fingerprint density at radius 1 is 1.45 bits per heavy atom. The van der Waals surface area contributed by atoms with Crippen LogP contribution in [0.3, 0.4) is 0 Å². The second-order valence-electron chi connectivity index (χ2n) is 2.85. The van der Waals surface area contributed by atoms with Crippen LogP contribution in [0.2, 0.25) is 0 Å². The molecule has 0 N–H and O–H groups in total. The summed E-state index contributed by atoms with van der Waals surface area (Å²) in [5.74, 6) is 0.785. The van der Waals surface area contributed by atoms with Crippen LogP contribution in [-0.2, 0) is 9.59 Å². The molecule has 0 saturated heterocycles. The Morgan fingerprint density at radius 2 is 1.82 bits per heavy atom. The van der Waals surface area contributed by atoms with Crippen molar-refractivity contribution in [3.8, 4) is 0 Å². The van der Waals surface area contributed by atoms with Crippen molar-refractivity contribution in [3.05, 3.63) is 0 Å². The highest BCUT2D eigenvalue weighted by atomic mass is 16.1. The van der Waals surface area contributed by atoms with Gasteiger partial charge in [-0.25, -0.2) is 0 Å². The zero-order chi connectivity index (χ0) is 9.28. The van der Waals surface area contributed by atoms with Gasteiger partial charge in [-0.05, 0) is 12.8 Å². The average Bonchev–Trinajstić information content (AvgIpc) is 1.89. The Bertz CT molecular complexity index is 106. The number of hydrogen-bond donors (Lipinski definition) is 0. The van der Waals surface area contributed by atoms with Crippen molar-refractivity contribution in [1.29, 1.82) is 0 Å². The van der Waals surface area contributed by atoms with Gasteiger partial charge < -0.3 is 9.59 Å². The lowest BCUT2D eigenvalue weighted by atomic mass is 10.2. The highest BCUT2D eigenvalue weighted by molar-refractivity contribution is 5.74. The van der Waals surface area contributed by atoms with Crippen molar-refractivity contribution in [2.24, 2.45) is 5.92 Å². The monoisotopic (exact) mass is 158 g/mol. The van der Waals surface area contributed by atoms with Crippen molar-refractivity contribution < 1.29 is 9.59 Å². The summed E-state index contributed by atoms with van der Waals surface area (Å²) in [6, 6.07) is 0. The molecule has 11 heavy (non-hydrogen) atoms. The maximum Gasteiger partial charge on any atom is 0.129 e. The summed E-state index contributed by atoms with van der Waals surface area (Å²) in [4.78, 5) is 19.4. The van der Waals surface area contributed by atoms with Gasteiger partial charge in [0.2, 0.25) is 0 Å². The number of ketones is 1. The molecule has 0 aliphatic rings. The van der Waals surface area contributed by atoms with Gasteiger partial charge in [-0.15, -0.1) is 0 Å². The molecular weight excluding hydrogens is 140 g/mol. The normalized spacial score (nSPS) is 8.45. The average molecular weight is 158 g/mol. The van der Waals surface area contributed by atoms with Crippen LogP contribution in [0.5, 0.6) is 0 Å². The van der Waals surface area contributed by atoms with Crippen molar-refractivity contribution in [1.82, 2.24) is 0 Å². The fraction of sp³-hybridized carbons (Fsp3) is 0.778. The first kappa shape index (κ1) is 13.0. The van der Waals surface area contributed by atoms with Crippen LogP contribution < -0.4 is 0 Å². The minimum atomic E-state index is 0.255. The van der Waals surface area contributed by atoms with E-state index in [0.29, 0.717) is 18.8 Å². The number of carbonyl (C=O) groups excluding carboxylic acids is 2. The Balaban J connectivity index is 0. The van der Waals surface area contributed by atoms with Gasteiger partial charge in [-0.3, -0.25) is 0 Å². The van der Waals surface area contributed by atoms with Gasteiger partial charge >= 0.3 is 0 Å². The molecule has 0 rings (SSSR count). The van der Waals surface area contributed by atoms with E-state index >= 15 is 0 Å². The van der Waals surface area contributed by atoms with E-state index < -0.39 is 0 Å². The first-order valence-electron chi connectivity index (χ1n) is 3.97. The molecule has 2 nitrogen and oxygen atoms in total. The van der Waals surface area contributed by atoms with E-state index in [9.17, 15) is 9.59 Å². The molecule has 0 atom stereocenters. The molecule has 0 saturated carbocycles. The highest BCUT2D eigenvalue weighted by Crippen LogP contribution is 1.92. The van der Waals surface area contributed by atoms with Crippen molar-refractivity contribution in [2.45, 2.75) is 40.5 Å². The zero-order valence-electron chi connectivity index (χ0n) is 7.89. The Labute approximate surface area is 69.0 Å². The summed E-state index contributed by atoms with van der Waals surface area (Å²) in [7, 11) is 0. The maximum atomic E-state index is 9.81. The first-order valence-corrected chi connectivity index (χ1v) is 3.97. The molecule has 0 radical (unpaired) electrons. The predicted molar refractivity (Wildman–Crippen MR) is 46.5 cm³/mol. The van der Waals surface area contributed by atoms with E-state index in [1.165, 1.54) is 0 Å². The van der Waals surface area contributed by atoms with Gasteiger partial charge in [0.15, 0.2) is 0 Å². The van der Waals surface area contributed by atoms with Gasteiger partial charge in [-0.2, -0.15) is 0 Å². The third-order valence-corrected chi connectivity index (χ3v) is 1.07. The molecule has 2 heteroatoms. The molecule has 0 amide bonds. The van der Waals surface area contributed by atoms with Gasteiger partial charge in [0.05, 0.1) is 0 Å². The molecule has 0 unspecified atom stereocenters. The van der Waals surface area contributed by atoms with Crippen LogP contribution in [-0.4, -0.2) is 12.1 Å². The molecule has 66 valence electrons. The number of carbonyl (C=O) groups is 2. The van der Waals surface area contributed by atoms with Crippen LogP contribution in [0.1, 0.15) is 40.5 Å². The van der Waals surface area contributed by atoms with Gasteiger partial charge in [0, 0.05) is 12.8 Å². The Morgan fingerprint density at radius 3 is 1.82 bits per heavy atom. The van der Waals surface area contributed by atoms with E-state index in [1.807, 2.05) is 20.8 Å². The Kier molecular flexibility index (Phi) is 11.0. The molecule has 0 aliphatic carbocycles. The summed E-state index contributed by atoms with van der Waals surface area (Å²) in [6.45, 7) is 7.48. The molecule has 0 aromatic carbocycles. The third-order valence-electron chi connectivity index (χ3n) is 1.07. The SMILES string of the molecule is CC(C)CC=O.CCC(C)=O. The van der Waals surface area contributed by atoms with E-state index in [0.717, 1.165) is 6.29 Å². The lowest BCUT2D eigenvalue weighted by molar-refractivity contribution is -0.116. The largest absolute Gasteiger partial charge is 0.303 e. The Hall–Kier alpha value is -0.660. The summed E-state index contributed by atoms with van der Waals surface area (Å²) < 4.78 is 0. The quantitative estimate of drug-likeness (QED) is 0.590. The molecule has 0 aliphatic heterocycles. The third kappa shape index (κ3) is 26.7. The van der Waals surface area contributed by atoms with E-state index in [2.05, 4.69) is 0 Å². The van der Waals surface area contributed by atoms with Crippen molar-refractivity contribution >= 4 is 12.1 Å². The molecular formula is C9H18O2. The molecule has 0 bridgehead atoms. The highest BCUT2D eigenvalue weighted by Gasteiger charge is 1.85. The van der Waals surface area contributed by atoms with E-state index in [-0.39, 0.29) is 5.78 Å². The second-order valence-corrected chi connectivity index (χ2v) is 2.85. The number of rotatable bonds is 3. The molecule has 0 spiro atoms. The van der Waals surface area contributed by atoms with Crippen LogP contribution in [0.25, 0.3) is 0 Å². The fourth-order valence-corrected chi connectivity index (χ4v) is 0.192. The molecule has 0 aromatic heterocycles. The lowest BCUT2D eigenvalue weighted by Crippen LogP contribution is -1.84. The number of hydrogen-bond acceptors (Lipinski definition) is 2. The zero-order valence-corrected chi connectivity index (χ0v) is 7.89.